The molecule has 0 saturated carbocycles. The van der Waals surface area contributed by atoms with Crippen LogP contribution >= 0.6 is 0 Å². The highest BCUT2D eigenvalue weighted by Gasteiger charge is 2.39. The highest BCUT2D eigenvalue weighted by Crippen LogP contribution is 2.40. The van der Waals surface area contributed by atoms with E-state index in [4.69, 9.17) is 4.74 Å². The molecule has 0 aliphatic carbocycles. The summed E-state index contributed by atoms with van der Waals surface area (Å²) < 4.78 is 143. The Labute approximate surface area is 279 Å². The Morgan fingerprint density at radius 3 is 1.19 bits per heavy atom. The number of unbranched alkanes of at least 4 members (excludes halogenated alkanes) is 2. The molecule has 0 aliphatic rings. The molecular weight excluding hydrogens is 672 g/mol. The predicted octanol–water partition coefficient (Wildman–Crippen LogP) is 11.2. The lowest BCUT2D eigenvalue weighted by Crippen LogP contribution is -2.24. The van der Waals surface area contributed by atoms with Crippen molar-refractivity contribution in [3.63, 3.8) is 0 Å². The quantitative estimate of drug-likeness (QED) is 0.111. The van der Waals surface area contributed by atoms with Crippen LogP contribution in [-0.2, 0) is 35.2 Å². The third-order valence-corrected chi connectivity index (χ3v) is 10.6. The molecule has 2 unspecified atom stereocenters. The summed E-state index contributed by atoms with van der Waals surface area (Å²) in [4.78, 5) is -0.694. The number of halogens is 8. The maximum absolute atomic E-state index is 16.0. The Morgan fingerprint density at radius 1 is 0.596 bits per heavy atom. The number of ether oxygens (including phenoxy) is 1. The predicted molar refractivity (Wildman–Crippen MR) is 171 cm³/mol. The first-order chi connectivity index (χ1) is 21.3. The lowest BCUT2D eigenvalue weighted by molar-refractivity contribution is -0.107. The van der Waals surface area contributed by atoms with Gasteiger partial charge in [0.15, 0.2) is 32.9 Å². The van der Waals surface area contributed by atoms with E-state index in [0.717, 1.165) is 25.0 Å². The van der Waals surface area contributed by atoms with E-state index in [1.54, 1.807) is 0 Å². The second-order valence-corrected chi connectivity index (χ2v) is 17.3. The molecule has 0 saturated heterocycles. The lowest BCUT2D eigenvalue weighted by Gasteiger charge is -2.22. The van der Waals surface area contributed by atoms with Crippen LogP contribution in [0.2, 0.25) is 0 Å². The molecule has 0 fully saturated rings. The number of benzene rings is 2. The van der Waals surface area contributed by atoms with Gasteiger partial charge in [0.25, 0.3) is 0 Å². The number of hydrogen-bond donors (Lipinski definition) is 0. The molecular formula is C34H46F8O3S2. The monoisotopic (exact) mass is 718 g/mol. The number of hydrogen-bond acceptors (Lipinski definition) is 3. The molecule has 0 heterocycles. The van der Waals surface area contributed by atoms with E-state index in [9.17, 15) is 35.4 Å². The van der Waals surface area contributed by atoms with Crippen LogP contribution in [0.25, 0.3) is 0 Å². The molecule has 0 amide bonds. The maximum atomic E-state index is 16.0. The Balaban J connectivity index is 2.67. The molecule has 2 rings (SSSR count). The molecule has 47 heavy (non-hydrogen) atoms. The van der Waals surface area contributed by atoms with Gasteiger partial charge in [-0.25, -0.2) is 8.78 Å². The fourth-order valence-electron chi connectivity index (χ4n) is 5.21. The van der Waals surface area contributed by atoms with E-state index >= 15 is 8.78 Å². The summed E-state index contributed by atoms with van der Waals surface area (Å²) in [7, 11) is 0. The van der Waals surface area contributed by atoms with Gasteiger partial charge in [-0.3, -0.25) is 0 Å². The normalized spacial score (nSPS) is 14.4. The van der Waals surface area contributed by atoms with E-state index in [0.29, 0.717) is 25.7 Å². The molecule has 2 aromatic rings. The van der Waals surface area contributed by atoms with Crippen LogP contribution in [0.5, 0.6) is 11.5 Å². The highest BCUT2D eigenvalue weighted by atomic mass is 32.2. The lowest BCUT2D eigenvalue weighted by atomic mass is 9.89. The maximum Gasteiger partial charge on any atom is 0.433 e. The SMILES string of the molecule is Cc1c([S+]([O-])CC(F)(F)F)cc(Oc2cc([S+]([O-])CC(F)(F)F)c(C)c(CCCCC(C)(C)C)c2F)c(F)c1CCCCC(C)(C)C. The van der Waals surface area contributed by atoms with Gasteiger partial charge in [0.05, 0.1) is 0 Å². The van der Waals surface area contributed by atoms with E-state index in [2.05, 4.69) is 0 Å². The zero-order valence-electron chi connectivity index (χ0n) is 28.3. The average Bonchev–Trinajstić information content (AvgIpc) is 2.87. The van der Waals surface area contributed by atoms with Crippen LogP contribution in [0.15, 0.2) is 21.9 Å². The molecule has 2 atom stereocenters. The minimum absolute atomic E-state index is 0.0186. The van der Waals surface area contributed by atoms with E-state index < -0.39 is 69.3 Å². The number of rotatable bonds is 14. The molecule has 0 aliphatic heterocycles. The molecule has 13 heteroatoms. The first-order valence-corrected chi connectivity index (χ1v) is 18.2. The van der Waals surface area contributed by atoms with Crippen LogP contribution in [0.4, 0.5) is 35.1 Å². The van der Waals surface area contributed by atoms with Gasteiger partial charge in [0, 0.05) is 23.3 Å². The Morgan fingerprint density at radius 2 is 0.915 bits per heavy atom. The Bertz CT molecular complexity index is 1240. The van der Waals surface area contributed by atoms with Crippen molar-refractivity contribution in [3.05, 3.63) is 46.0 Å². The molecule has 0 spiro atoms. The van der Waals surface area contributed by atoms with Crippen molar-refractivity contribution in [1.29, 1.82) is 0 Å². The largest absolute Gasteiger partial charge is 0.611 e. The summed E-state index contributed by atoms with van der Waals surface area (Å²) in [6, 6.07) is 1.64. The minimum atomic E-state index is -4.80. The van der Waals surface area contributed by atoms with Gasteiger partial charge in [-0.15, -0.1) is 0 Å². The summed E-state index contributed by atoms with van der Waals surface area (Å²) in [5.41, 5.74) is -0.0339. The van der Waals surface area contributed by atoms with Gasteiger partial charge in [-0.1, -0.05) is 54.4 Å². The van der Waals surface area contributed by atoms with Crippen molar-refractivity contribution in [3.8, 4) is 11.5 Å². The molecule has 2 aromatic carbocycles. The van der Waals surface area contributed by atoms with Gasteiger partial charge in [-0.2, -0.15) is 26.3 Å². The zero-order valence-corrected chi connectivity index (χ0v) is 29.9. The first kappa shape index (κ1) is 41.5. The van der Waals surface area contributed by atoms with Crippen molar-refractivity contribution in [2.75, 3.05) is 11.5 Å². The summed E-state index contributed by atoms with van der Waals surface area (Å²) in [5, 5.41) is 0. The highest BCUT2D eigenvalue weighted by molar-refractivity contribution is 7.91. The van der Waals surface area contributed by atoms with E-state index in [1.165, 1.54) is 13.8 Å². The summed E-state index contributed by atoms with van der Waals surface area (Å²) in [5.74, 6) is -6.87. The van der Waals surface area contributed by atoms with Crippen molar-refractivity contribution >= 4 is 22.4 Å². The molecule has 0 radical (unpaired) electrons. The molecule has 0 bridgehead atoms. The number of alkyl halides is 6. The van der Waals surface area contributed by atoms with E-state index in [-0.39, 0.29) is 55.7 Å². The van der Waals surface area contributed by atoms with Crippen molar-refractivity contribution in [2.45, 2.75) is 129 Å². The van der Waals surface area contributed by atoms with Gasteiger partial charge < -0.3 is 13.8 Å². The second-order valence-electron chi connectivity index (χ2n) is 14.4. The summed E-state index contributed by atoms with van der Waals surface area (Å²) >= 11 is -5.32. The van der Waals surface area contributed by atoms with Gasteiger partial charge >= 0.3 is 12.4 Å². The van der Waals surface area contributed by atoms with Crippen LogP contribution in [0.3, 0.4) is 0 Å². The van der Waals surface area contributed by atoms with Gasteiger partial charge in [-0.05, 0) is 96.7 Å². The van der Waals surface area contributed by atoms with Crippen LogP contribution in [0, 0.1) is 36.3 Å². The topological polar surface area (TPSA) is 55.3 Å². The van der Waals surface area contributed by atoms with Gasteiger partial charge in [0.2, 0.25) is 11.5 Å². The van der Waals surface area contributed by atoms with Crippen LogP contribution in [-0.4, -0.2) is 33.0 Å². The van der Waals surface area contributed by atoms with Crippen LogP contribution in [0.1, 0.15) is 102 Å². The van der Waals surface area contributed by atoms with Crippen LogP contribution < -0.4 is 4.74 Å². The third kappa shape index (κ3) is 13.6. The first-order valence-electron chi connectivity index (χ1n) is 15.5. The Hall–Kier alpha value is -1.70. The second kappa shape index (κ2) is 16.3. The fraction of sp³-hybridized carbons (Fsp3) is 0.647. The zero-order chi connectivity index (χ0) is 36.1. The van der Waals surface area contributed by atoms with Crippen molar-refractivity contribution < 1.29 is 49.0 Å². The summed E-state index contributed by atoms with van der Waals surface area (Å²) in [6.45, 7) is 14.9. The van der Waals surface area contributed by atoms with E-state index in [1.807, 2.05) is 41.5 Å². The van der Waals surface area contributed by atoms with Gasteiger partial charge in [0.1, 0.15) is 0 Å². The molecule has 0 N–H and O–H groups in total. The molecule has 0 aromatic heterocycles. The Kier molecular flexibility index (Phi) is 14.4. The molecule has 268 valence electrons. The fourth-order valence-corrected chi connectivity index (χ4v) is 7.52. The van der Waals surface area contributed by atoms with Crippen molar-refractivity contribution in [1.82, 2.24) is 0 Å². The van der Waals surface area contributed by atoms with Crippen molar-refractivity contribution in [2.24, 2.45) is 10.8 Å². The smallest absolute Gasteiger partial charge is 0.433 e. The summed E-state index contributed by atoms with van der Waals surface area (Å²) in [6.07, 6.45) is -5.70. The average molecular weight is 719 g/mol. The standard InChI is InChI=1S/C34H46F8O3S2/c1-21-23(13-9-11-15-31(3,4)5)29(35)25(17-27(21)46(43)19-33(37,38)39)45-26-18-28(47(44)20-34(40,41)42)22(2)24(30(26)36)14-10-12-16-32(6,7)8/h17-18H,9-16,19-20H2,1-8H3. The third-order valence-electron chi connectivity index (χ3n) is 7.64. The molecule has 3 nitrogen and oxygen atoms in total. The minimum Gasteiger partial charge on any atom is -0.611 e.